The van der Waals surface area contributed by atoms with E-state index < -0.39 is 0 Å². The van der Waals surface area contributed by atoms with Crippen LogP contribution < -0.4 is 15.4 Å². The average molecular weight is 243 g/mol. The van der Waals surface area contributed by atoms with E-state index in [4.69, 9.17) is 10.5 Å². The topological polar surface area (TPSA) is 51.4 Å². The van der Waals surface area contributed by atoms with E-state index in [9.17, 15) is 0 Å². The fourth-order valence-corrected chi connectivity index (χ4v) is 1.70. The molecule has 0 atom stereocenters. The van der Waals surface area contributed by atoms with Crippen molar-refractivity contribution < 1.29 is 4.74 Å². The van der Waals surface area contributed by atoms with Gasteiger partial charge in [-0.1, -0.05) is 12.1 Å². The number of nitrogens with two attached hydrogens (primary N) is 1. The van der Waals surface area contributed by atoms with Crippen molar-refractivity contribution >= 4 is 11.5 Å². The Bertz CT molecular complexity index is 493. The number of pyridine rings is 1. The molecule has 0 bridgehead atoms. The lowest BCUT2D eigenvalue weighted by molar-refractivity contribution is 0.413. The summed E-state index contributed by atoms with van der Waals surface area (Å²) in [7, 11) is 3.64. The fourth-order valence-electron chi connectivity index (χ4n) is 1.70. The quantitative estimate of drug-likeness (QED) is 0.837. The van der Waals surface area contributed by atoms with E-state index in [2.05, 4.69) is 9.88 Å². The molecular weight excluding hydrogens is 226 g/mol. The summed E-state index contributed by atoms with van der Waals surface area (Å²) >= 11 is 0. The van der Waals surface area contributed by atoms with E-state index in [1.165, 1.54) is 5.56 Å². The van der Waals surface area contributed by atoms with E-state index in [0.717, 1.165) is 23.8 Å². The van der Waals surface area contributed by atoms with Crippen LogP contribution in [-0.2, 0) is 6.54 Å². The summed E-state index contributed by atoms with van der Waals surface area (Å²) in [6, 6.07) is 11.7. The van der Waals surface area contributed by atoms with Crippen LogP contribution in [0.15, 0.2) is 42.6 Å². The standard InChI is InChI=1S/C14H17N3O/c1-17(10-11-3-5-12(15)6-4-11)14-8-7-13(18-2)9-16-14/h3-9H,10,15H2,1-2H3. The third-order valence-corrected chi connectivity index (χ3v) is 2.75. The summed E-state index contributed by atoms with van der Waals surface area (Å²) in [5, 5.41) is 0. The molecule has 0 unspecified atom stereocenters. The minimum absolute atomic E-state index is 0.764. The van der Waals surface area contributed by atoms with Gasteiger partial charge in [0.15, 0.2) is 0 Å². The van der Waals surface area contributed by atoms with Gasteiger partial charge in [-0.3, -0.25) is 0 Å². The van der Waals surface area contributed by atoms with Gasteiger partial charge in [0.25, 0.3) is 0 Å². The van der Waals surface area contributed by atoms with Crippen molar-refractivity contribution in [3.05, 3.63) is 48.2 Å². The summed E-state index contributed by atoms with van der Waals surface area (Å²) in [6.07, 6.45) is 1.72. The Morgan fingerprint density at radius 1 is 1.17 bits per heavy atom. The molecule has 1 heterocycles. The van der Waals surface area contributed by atoms with Gasteiger partial charge in [0.1, 0.15) is 11.6 Å². The van der Waals surface area contributed by atoms with Gasteiger partial charge in [-0.25, -0.2) is 4.98 Å². The molecule has 0 radical (unpaired) electrons. The van der Waals surface area contributed by atoms with Gasteiger partial charge in [0.05, 0.1) is 13.3 Å². The van der Waals surface area contributed by atoms with Crippen molar-refractivity contribution in [2.45, 2.75) is 6.54 Å². The lowest BCUT2D eigenvalue weighted by atomic mass is 10.2. The lowest BCUT2D eigenvalue weighted by Crippen LogP contribution is -2.17. The molecule has 0 aliphatic heterocycles. The number of anilines is 2. The maximum absolute atomic E-state index is 5.66. The minimum atomic E-state index is 0.764. The number of nitrogen functional groups attached to an aromatic ring is 1. The molecule has 0 spiro atoms. The third kappa shape index (κ3) is 2.91. The Morgan fingerprint density at radius 2 is 1.89 bits per heavy atom. The third-order valence-electron chi connectivity index (χ3n) is 2.75. The van der Waals surface area contributed by atoms with Crippen molar-refractivity contribution in [1.82, 2.24) is 4.98 Å². The van der Waals surface area contributed by atoms with Crippen LogP contribution in [0.5, 0.6) is 5.75 Å². The number of ether oxygens (including phenoxy) is 1. The van der Waals surface area contributed by atoms with Gasteiger partial charge in [0, 0.05) is 19.3 Å². The molecule has 4 nitrogen and oxygen atoms in total. The summed E-state index contributed by atoms with van der Waals surface area (Å²) in [5.74, 6) is 1.67. The summed E-state index contributed by atoms with van der Waals surface area (Å²) in [4.78, 5) is 6.41. The number of benzene rings is 1. The summed E-state index contributed by atoms with van der Waals surface area (Å²) in [6.45, 7) is 0.791. The van der Waals surface area contributed by atoms with E-state index in [1.807, 2.05) is 43.4 Å². The first-order chi connectivity index (χ1) is 8.69. The molecule has 2 aromatic rings. The second-order valence-electron chi connectivity index (χ2n) is 4.15. The van der Waals surface area contributed by atoms with Gasteiger partial charge >= 0.3 is 0 Å². The Kier molecular flexibility index (Phi) is 3.67. The highest BCUT2D eigenvalue weighted by atomic mass is 16.5. The molecule has 1 aromatic heterocycles. The fraction of sp³-hybridized carbons (Fsp3) is 0.214. The van der Waals surface area contributed by atoms with Crippen LogP contribution in [0.25, 0.3) is 0 Å². The average Bonchev–Trinajstić information content (AvgIpc) is 2.41. The molecule has 0 saturated heterocycles. The molecule has 2 rings (SSSR count). The molecule has 94 valence electrons. The number of aromatic nitrogens is 1. The number of methoxy groups -OCH3 is 1. The van der Waals surface area contributed by atoms with Crippen LogP contribution in [0.4, 0.5) is 11.5 Å². The first kappa shape index (κ1) is 12.2. The zero-order valence-corrected chi connectivity index (χ0v) is 10.6. The predicted octanol–water partition coefficient (Wildman–Crippen LogP) is 2.31. The lowest BCUT2D eigenvalue weighted by Gasteiger charge is -2.18. The first-order valence-electron chi connectivity index (χ1n) is 5.74. The van der Waals surface area contributed by atoms with Gasteiger partial charge in [0.2, 0.25) is 0 Å². The van der Waals surface area contributed by atoms with Crippen LogP contribution in [-0.4, -0.2) is 19.1 Å². The number of nitrogens with zero attached hydrogens (tertiary/aromatic N) is 2. The van der Waals surface area contributed by atoms with Crippen molar-refractivity contribution in [2.24, 2.45) is 0 Å². The molecule has 4 heteroatoms. The number of hydrogen-bond donors (Lipinski definition) is 1. The molecule has 0 fully saturated rings. The Hall–Kier alpha value is -2.23. The Balaban J connectivity index is 2.06. The van der Waals surface area contributed by atoms with Crippen LogP contribution in [0.2, 0.25) is 0 Å². The first-order valence-corrected chi connectivity index (χ1v) is 5.74. The minimum Gasteiger partial charge on any atom is -0.495 e. The normalized spacial score (nSPS) is 10.1. The molecule has 0 aliphatic rings. The number of rotatable bonds is 4. The Morgan fingerprint density at radius 3 is 2.44 bits per heavy atom. The summed E-state index contributed by atoms with van der Waals surface area (Å²) < 4.78 is 5.09. The van der Waals surface area contributed by atoms with Crippen LogP contribution >= 0.6 is 0 Å². The van der Waals surface area contributed by atoms with Crippen LogP contribution in [0.3, 0.4) is 0 Å². The van der Waals surface area contributed by atoms with Crippen molar-refractivity contribution in [3.8, 4) is 5.75 Å². The van der Waals surface area contributed by atoms with Crippen molar-refractivity contribution in [3.63, 3.8) is 0 Å². The molecule has 0 saturated carbocycles. The zero-order chi connectivity index (χ0) is 13.0. The summed E-state index contributed by atoms with van der Waals surface area (Å²) in [5.41, 5.74) is 7.64. The van der Waals surface area contributed by atoms with Crippen molar-refractivity contribution in [1.29, 1.82) is 0 Å². The van der Waals surface area contributed by atoms with E-state index in [0.29, 0.717) is 0 Å². The molecule has 0 amide bonds. The highest BCUT2D eigenvalue weighted by Crippen LogP contribution is 2.16. The Labute approximate surface area is 107 Å². The molecule has 2 N–H and O–H groups in total. The largest absolute Gasteiger partial charge is 0.495 e. The highest BCUT2D eigenvalue weighted by Gasteiger charge is 2.03. The van der Waals surface area contributed by atoms with Gasteiger partial charge in [-0.05, 0) is 29.8 Å². The SMILES string of the molecule is COc1ccc(N(C)Cc2ccc(N)cc2)nc1. The second kappa shape index (κ2) is 5.40. The van der Waals surface area contributed by atoms with Crippen LogP contribution in [0, 0.1) is 0 Å². The maximum atomic E-state index is 5.66. The van der Waals surface area contributed by atoms with Crippen LogP contribution in [0.1, 0.15) is 5.56 Å². The monoisotopic (exact) mass is 243 g/mol. The van der Waals surface area contributed by atoms with E-state index >= 15 is 0 Å². The molecule has 1 aromatic carbocycles. The molecule has 18 heavy (non-hydrogen) atoms. The van der Waals surface area contributed by atoms with Gasteiger partial charge in [-0.2, -0.15) is 0 Å². The van der Waals surface area contributed by atoms with Gasteiger partial charge < -0.3 is 15.4 Å². The van der Waals surface area contributed by atoms with E-state index in [1.54, 1.807) is 13.3 Å². The maximum Gasteiger partial charge on any atom is 0.137 e. The van der Waals surface area contributed by atoms with Gasteiger partial charge in [-0.15, -0.1) is 0 Å². The predicted molar refractivity (Wildman–Crippen MR) is 73.8 cm³/mol. The van der Waals surface area contributed by atoms with Crippen molar-refractivity contribution in [2.75, 3.05) is 24.8 Å². The zero-order valence-electron chi connectivity index (χ0n) is 10.6. The second-order valence-corrected chi connectivity index (χ2v) is 4.15. The highest BCUT2D eigenvalue weighted by molar-refractivity contribution is 5.43. The number of hydrogen-bond acceptors (Lipinski definition) is 4. The smallest absolute Gasteiger partial charge is 0.137 e. The molecular formula is C14H17N3O. The molecule has 0 aliphatic carbocycles. The van der Waals surface area contributed by atoms with E-state index in [-0.39, 0.29) is 0 Å².